The lowest BCUT2D eigenvalue weighted by Gasteiger charge is -2.21. The van der Waals surface area contributed by atoms with Crippen molar-refractivity contribution < 1.29 is 9.47 Å². The van der Waals surface area contributed by atoms with E-state index in [1.165, 1.54) is 5.56 Å². The summed E-state index contributed by atoms with van der Waals surface area (Å²) in [5, 5.41) is 3.46. The largest absolute Gasteiger partial charge is 0.486 e. The van der Waals surface area contributed by atoms with Crippen molar-refractivity contribution in [3.8, 4) is 11.5 Å². The van der Waals surface area contributed by atoms with E-state index in [4.69, 9.17) is 15.2 Å². The van der Waals surface area contributed by atoms with Crippen LogP contribution in [0.15, 0.2) is 12.1 Å². The Morgan fingerprint density at radius 1 is 1.28 bits per heavy atom. The van der Waals surface area contributed by atoms with Crippen LogP contribution in [0.2, 0.25) is 0 Å². The van der Waals surface area contributed by atoms with E-state index in [9.17, 15) is 0 Å². The summed E-state index contributed by atoms with van der Waals surface area (Å²) in [6.45, 7) is 7.20. The molecule has 0 radical (unpaired) electrons. The third-order valence-corrected chi connectivity index (χ3v) is 3.19. The van der Waals surface area contributed by atoms with Crippen molar-refractivity contribution in [3.63, 3.8) is 0 Å². The van der Waals surface area contributed by atoms with Gasteiger partial charge in [-0.3, -0.25) is 0 Å². The Bertz CT molecular complexity index is 407. The average molecular weight is 250 g/mol. The number of aryl methyl sites for hydroxylation is 1. The maximum Gasteiger partial charge on any atom is 0.163 e. The van der Waals surface area contributed by atoms with E-state index in [0.29, 0.717) is 19.1 Å². The summed E-state index contributed by atoms with van der Waals surface area (Å²) in [6.07, 6.45) is 1.04. The van der Waals surface area contributed by atoms with Gasteiger partial charge in [-0.05, 0) is 37.4 Å². The zero-order valence-corrected chi connectivity index (χ0v) is 11.2. The normalized spacial score (nSPS) is 15.3. The Balaban J connectivity index is 2.04. The molecule has 100 valence electrons. The Hall–Kier alpha value is -1.42. The third kappa shape index (κ3) is 3.07. The van der Waals surface area contributed by atoms with Gasteiger partial charge >= 0.3 is 0 Å². The summed E-state index contributed by atoms with van der Waals surface area (Å²) in [4.78, 5) is 0. The first-order valence-electron chi connectivity index (χ1n) is 6.55. The highest BCUT2D eigenvalue weighted by Gasteiger charge is 2.14. The van der Waals surface area contributed by atoms with Gasteiger partial charge in [0.15, 0.2) is 11.5 Å². The Kier molecular flexibility index (Phi) is 4.31. The molecule has 4 heteroatoms. The molecule has 1 aromatic rings. The average Bonchev–Trinajstić information content (AvgIpc) is 2.36. The molecule has 0 fully saturated rings. The van der Waals surface area contributed by atoms with Gasteiger partial charge in [0.2, 0.25) is 0 Å². The van der Waals surface area contributed by atoms with Crippen LogP contribution >= 0.6 is 0 Å². The molecule has 18 heavy (non-hydrogen) atoms. The molecular formula is C14H22N2O2. The van der Waals surface area contributed by atoms with E-state index in [0.717, 1.165) is 36.7 Å². The minimum atomic E-state index is 0.572. The van der Waals surface area contributed by atoms with Crippen molar-refractivity contribution in [2.24, 2.45) is 11.7 Å². The monoisotopic (exact) mass is 250 g/mol. The molecule has 0 bridgehead atoms. The van der Waals surface area contributed by atoms with Gasteiger partial charge in [-0.25, -0.2) is 0 Å². The first-order chi connectivity index (χ1) is 8.70. The van der Waals surface area contributed by atoms with Crippen LogP contribution in [-0.4, -0.2) is 26.3 Å². The lowest BCUT2D eigenvalue weighted by Crippen LogP contribution is -2.17. The molecule has 1 aliphatic rings. The Labute approximate surface area is 108 Å². The summed E-state index contributed by atoms with van der Waals surface area (Å²) < 4.78 is 11.1. The molecule has 1 aromatic carbocycles. The van der Waals surface area contributed by atoms with E-state index in [2.05, 4.69) is 19.2 Å². The van der Waals surface area contributed by atoms with Gasteiger partial charge in [-0.1, -0.05) is 6.92 Å². The molecule has 0 aromatic heterocycles. The lowest BCUT2D eigenvalue weighted by atomic mass is 10.1. The number of fused-ring (bicyclic) bond motifs is 1. The number of benzene rings is 1. The molecule has 0 saturated carbocycles. The van der Waals surface area contributed by atoms with Crippen LogP contribution in [0.3, 0.4) is 0 Å². The molecular weight excluding hydrogens is 228 g/mol. The van der Waals surface area contributed by atoms with E-state index >= 15 is 0 Å². The second-order valence-corrected chi connectivity index (χ2v) is 4.87. The summed E-state index contributed by atoms with van der Waals surface area (Å²) in [5.74, 6) is 2.25. The SMILES string of the molecule is Cc1cc2c(cc1NCC(C)CCN)OCCO2. The van der Waals surface area contributed by atoms with Gasteiger partial charge < -0.3 is 20.5 Å². The maximum absolute atomic E-state index is 5.59. The molecule has 0 aliphatic carbocycles. The number of hydrogen-bond acceptors (Lipinski definition) is 4. The van der Waals surface area contributed by atoms with Crippen molar-refractivity contribution in [1.82, 2.24) is 0 Å². The smallest absolute Gasteiger partial charge is 0.163 e. The highest BCUT2D eigenvalue weighted by molar-refractivity contribution is 5.60. The van der Waals surface area contributed by atoms with Gasteiger partial charge in [0.1, 0.15) is 13.2 Å². The fraction of sp³-hybridized carbons (Fsp3) is 0.571. The van der Waals surface area contributed by atoms with Crippen LogP contribution in [-0.2, 0) is 0 Å². The number of nitrogens with two attached hydrogens (primary N) is 1. The summed E-state index contributed by atoms with van der Waals surface area (Å²) in [6, 6.07) is 4.06. The molecule has 2 rings (SSSR count). The van der Waals surface area contributed by atoms with E-state index in [-0.39, 0.29) is 0 Å². The van der Waals surface area contributed by atoms with Crippen molar-refractivity contribution >= 4 is 5.69 Å². The molecule has 0 spiro atoms. The second-order valence-electron chi connectivity index (χ2n) is 4.87. The van der Waals surface area contributed by atoms with Crippen LogP contribution in [0.25, 0.3) is 0 Å². The van der Waals surface area contributed by atoms with E-state index in [1.54, 1.807) is 0 Å². The molecule has 3 N–H and O–H groups in total. The quantitative estimate of drug-likeness (QED) is 0.841. The standard InChI is InChI=1S/C14H22N2O2/c1-10(3-4-15)9-16-12-8-14-13(7-11(12)2)17-5-6-18-14/h7-8,10,16H,3-6,9,15H2,1-2H3. The first kappa shape index (κ1) is 13.0. The first-order valence-corrected chi connectivity index (χ1v) is 6.55. The fourth-order valence-electron chi connectivity index (χ4n) is 2.05. The summed E-state index contributed by atoms with van der Waals surface area (Å²) >= 11 is 0. The Morgan fingerprint density at radius 3 is 2.61 bits per heavy atom. The topological polar surface area (TPSA) is 56.5 Å². The molecule has 0 saturated heterocycles. The number of hydrogen-bond donors (Lipinski definition) is 2. The minimum absolute atomic E-state index is 0.572. The highest BCUT2D eigenvalue weighted by atomic mass is 16.6. The summed E-state index contributed by atoms with van der Waals surface area (Å²) in [5.41, 5.74) is 7.85. The van der Waals surface area contributed by atoms with Gasteiger partial charge in [0, 0.05) is 18.3 Å². The number of ether oxygens (including phenoxy) is 2. The van der Waals surface area contributed by atoms with Crippen molar-refractivity contribution in [2.45, 2.75) is 20.3 Å². The molecule has 1 unspecified atom stereocenters. The van der Waals surface area contributed by atoms with Crippen LogP contribution in [0.1, 0.15) is 18.9 Å². The Morgan fingerprint density at radius 2 is 1.94 bits per heavy atom. The molecule has 0 amide bonds. The van der Waals surface area contributed by atoms with E-state index in [1.807, 2.05) is 12.1 Å². The fourth-order valence-corrected chi connectivity index (χ4v) is 2.05. The van der Waals surface area contributed by atoms with Gasteiger partial charge in [0.25, 0.3) is 0 Å². The predicted molar refractivity (Wildman–Crippen MR) is 73.5 cm³/mol. The van der Waals surface area contributed by atoms with E-state index < -0.39 is 0 Å². The molecule has 4 nitrogen and oxygen atoms in total. The molecule has 1 heterocycles. The van der Waals surface area contributed by atoms with Gasteiger partial charge in [0.05, 0.1) is 0 Å². The zero-order valence-electron chi connectivity index (χ0n) is 11.2. The van der Waals surface area contributed by atoms with Crippen LogP contribution in [0, 0.1) is 12.8 Å². The third-order valence-electron chi connectivity index (χ3n) is 3.19. The second kappa shape index (κ2) is 5.96. The molecule has 1 aliphatic heterocycles. The van der Waals surface area contributed by atoms with Gasteiger partial charge in [-0.2, -0.15) is 0 Å². The zero-order chi connectivity index (χ0) is 13.0. The highest BCUT2D eigenvalue weighted by Crippen LogP contribution is 2.35. The van der Waals surface area contributed by atoms with Crippen molar-refractivity contribution in [2.75, 3.05) is 31.6 Å². The van der Waals surface area contributed by atoms with Crippen molar-refractivity contribution in [1.29, 1.82) is 0 Å². The minimum Gasteiger partial charge on any atom is -0.486 e. The van der Waals surface area contributed by atoms with Gasteiger partial charge in [-0.15, -0.1) is 0 Å². The van der Waals surface area contributed by atoms with Crippen LogP contribution < -0.4 is 20.5 Å². The number of rotatable bonds is 5. The maximum atomic E-state index is 5.59. The number of anilines is 1. The predicted octanol–water partition coefficient (Wildman–Crippen LogP) is 2.16. The lowest BCUT2D eigenvalue weighted by molar-refractivity contribution is 0.171. The van der Waals surface area contributed by atoms with Crippen molar-refractivity contribution in [3.05, 3.63) is 17.7 Å². The van der Waals surface area contributed by atoms with Crippen LogP contribution in [0.4, 0.5) is 5.69 Å². The molecule has 1 atom stereocenters. The number of nitrogens with one attached hydrogen (secondary N) is 1. The van der Waals surface area contributed by atoms with Crippen LogP contribution in [0.5, 0.6) is 11.5 Å². The summed E-state index contributed by atoms with van der Waals surface area (Å²) in [7, 11) is 0.